The molecule has 0 bridgehead atoms. The zero-order valence-electron chi connectivity index (χ0n) is 13.5. The standard InChI is InChI=1S/C19H34O/c1-2-17(18-10-5-3-6-11-18)12-9-15-19(16-20)13-7-4-8-14-19/h16-18H,2-15H2,1H3. The van der Waals surface area contributed by atoms with E-state index in [-0.39, 0.29) is 5.41 Å². The molecule has 0 aromatic rings. The molecule has 0 aromatic carbocycles. The van der Waals surface area contributed by atoms with Crippen molar-refractivity contribution in [2.75, 3.05) is 0 Å². The van der Waals surface area contributed by atoms with Crippen molar-refractivity contribution in [3.63, 3.8) is 0 Å². The van der Waals surface area contributed by atoms with Gasteiger partial charge in [-0.25, -0.2) is 0 Å². The number of rotatable bonds is 7. The maximum absolute atomic E-state index is 11.5. The van der Waals surface area contributed by atoms with Crippen molar-refractivity contribution in [1.82, 2.24) is 0 Å². The summed E-state index contributed by atoms with van der Waals surface area (Å²) in [6.07, 6.45) is 20.0. The van der Waals surface area contributed by atoms with Gasteiger partial charge >= 0.3 is 0 Å². The molecule has 0 spiro atoms. The minimum atomic E-state index is 0.0725. The molecule has 2 saturated carbocycles. The lowest BCUT2D eigenvalue weighted by atomic mass is 9.70. The first kappa shape index (κ1) is 16.0. The molecule has 20 heavy (non-hydrogen) atoms. The van der Waals surface area contributed by atoms with Gasteiger partial charge in [0.25, 0.3) is 0 Å². The van der Waals surface area contributed by atoms with Crippen molar-refractivity contribution < 1.29 is 4.79 Å². The van der Waals surface area contributed by atoms with Crippen molar-refractivity contribution in [2.45, 2.75) is 96.8 Å². The summed E-state index contributed by atoms with van der Waals surface area (Å²) < 4.78 is 0. The van der Waals surface area contributed by atoms with Crippen LogP contribution in [0.1, 0.15) is 96.8 Å². The van der Waals surface area contributed by atoms with Gasteiger partial charge in [-0.3, -0.25) is 0 Å². The monoisotopic (exact) mass is 278 g/mol. The lowest BCUT2D eigenvalue weighted by Gasteiger charge is -2.34. The molecule has 1 unspecified atom stereocenters. The zero-order valence-corrected chi connectivity index (χ0v) is 13.5. The summed E-state index contributed by atoms with van der Waals surface area (Å²) in [4.78, 5) is 11.5. The molecule has 2 fully saturated rings. The van der Waals surface area contributed by atoms with E-state index in [1.807, 2.05) is 0 Å². The number of hydrogen-bond donors (Lipinski definition) is 0. The molecule has 1 heteroatoms. The van der Waals surface area contributed by atoms with Crippen molar-refractivity contribution in [3.05, 3.63) is 0 Å². The Kier molecular flexibility index (Phi) is 6.58. The lowest BCUT2D eigenvalue weighted by Crippen LogP contribution is -2.26. The minimum absolute atomic E-state index is 0.0725. The molecule has 116 valence electrons. The summed E-state index contributed by atoms with van der Waals surface area (Å²) in [7, 11) is 0. The van der Waals surface area contributed by atoms with E-state index in [4.69, 9.17) is 0 Å². The molecule has 0 N–H and O–H groups in total. The highest BCUT2D eigenvalue weighted by atomic mass is 16.1. The van der Waals surface area contributed by atoms with Crippen LogP contribution in [0.3, 0.4) is 0 Å². The first-order valence-electron chi connectivity index (χ1n) is 9.26. The fraction of sp³-hybridized carbons (Fsp3) is 0.947. The van der Waals surface area contributed by atoms with Crippen molar-refractivity contribution >= 4 is 6.29 Å². The minimum Gasteiger partial charge on any atom is -0.303 e. The Morgan fingerprint density at radius 2 is 1.70 bits per heavy atom. The van der Waals surface area contributed by atoms with Crippen LogP contribution in [-0.4, -0.2) is 6.29 Å². The van der Waals surface area contributed by atoms with E-state index in [2.05, 4.69) is 6.92 Å². The number of carbonyl (C=O) groups excluding carboxylic acids is 1. The van der Waals surface area contributed by atoms with E-state index in [9.17, 15) is 4.79 Å². The smallest absolute Gasteiger partial charge is 0.126 e. The first-order chi connectivity index (χ1) is 9.79. The summed E-state index contributed by atoms with van der Waals surface area (Å²) in [6.45, 7) is 2.37. The third-order valence-electron chi connectivity index (χ3n) is 6.19. The molecule has 1 nitrogen and oxygen atoms in total. The number of carbonyl (C=O) groups is 1. The Morgan fingerprint density at radius 1 is 1.05 bits per heavy atom. The van der Waals surface area contributed by atoms with Crippen LogP contribution in [-0.2, 0) is 4.79 Å². The molecule has 0 saturated heterocycles. The number of hydrogen-bond acceptors (Lipinski definition) is 1. The van der Waals surface area contributed by atoms with E-state index >= 15 is 0 Å². The highest BCUT2D eigenvalue weighted by Crippen LogP contribution is 2.40. The van der Waals surface area contributed by atoms with Crippen molar-refractivity contribution in [1.29, 1.82) is 0 Å². The Hall–Kier alpha value is -0.330. The molecular formula is C19H34O. The SMILES string of the molecule is CCC(CCCC1(C=O)CCCCC1)C1CCCCC1. The van der Waals surface area contributed by atoms with Gasteiger partial charge in [-0.1, -0.05) is 77.6 Å². The molecule has 2 rings (SSSR count). The summed E-state index contributed by atoms with van der Waals surface area (Å²) in [5, 5.41) is 0. The summed E-state index contributed by atoms with van der Waals surface area (Å²) in [5.74, 6) is 1.93. The second kappa shape index (κ2) is 8.20. The maximum atomic E-state index is 11.5. The van der Waals surface area contributed by atoms with Crippen LogP contribution in [0.15, 0.2) is 0 Å². The van der Waals surface area contributed by atoms with Gasteiger partial charge in [-0.2, -0.15) is 0 Å². The summed E-state index contributed by atoms with van der Waals surface area (Å²) in [5.41, 5.74) is 0.0725. The van der Waals surface area contributed by atoms with Crippen LogP contribution < -0.4 is 0 Å². The van der Waals surface area contributed by atoms with Gasteiger partial charge in [0, 0.05) is 5.41 Å². The van der Waals surface area contributed by atoms with E-state index in [0.29, 0.717) is 0 Å². The number of aldehydes is 1. The summed E-state index contributed by atoms with van der Waals surface area (Å²) in [6, 6.07) is 0. The van der Waals surface area contributed by atoms with Gasteiger partial charge in [0.2, 0.25) is 0 Å². The van der Waals surface area contributed by atoms with Gasteiger partial charge in [-0.05, 0) is 31.1 Å². The van der Waals surface area contributed by atoms with Crippen LogP contribution in [0.5, 0.6) is 0 Å². The molecule has 1 atom stereocenters. The fourth-order valence-electron chi connectivity index (χ4n) is 4.78. The predicted molar refractivity (Wildman–Crippen MR) is 85.8 cm³/mol. The van der Waals surface area contributed by atoms with Crippen LogP contribution >= 0.6 is 0 Å². The molecule has 2 aliphatic rings. The Morgan fingerprint density at radius 3 is 2.30 bits per heavy atom. The maximum Gasteiger partial charge on any atom is 0.126 e. The third kappa shape index (κ3) is 4.33. The zero-order chi connectivity index (χ0) is 14.3. The normalized spacial score (nSPS) is 25.2. The molecule has 0 radical (unpaired) electrons. The molecular weight excluding hydrogens is 244 g/mol. The highest BCUT2D eigenvalue weighted by molar-refractivity contribution is 5.59. The van der Waals surface area contributed by atoms with Crippen molar-refractivity contribution in [3.8, 4) is 0 Å². The van der Waals surface area contributed by atoms with Gasteiger partial charge in [-0.15, -0.1) is 0 Å². The lowest BCUT2D eigenvalue weighted by molar-refractivity contribution is -0.118. The third-order valence-corrected chi connectivity index (χ3v) is 6.19. The van der Waals surface area contributed by atoms with Gasteiger partial charge < -0.3 is 4.79 Å². The van der Waals surface area contributed by atoms with Crippen LogP contribution in [0.25, 0.3) is 0 Å². The molecule has 0 heterocycles. The quantitative estimate of drug-likeness (QED) is 0.529. The van der Waals surface area contributed by atoms with Crippen LogP contribution in [0.2, 0.25) is 0 Å². The van der Waals surface area contributed by atoms with E-state index < -0.39 is 0 Å². The van der Waals surface area contributed by atoms with Gasteiger partial charge in [0.15, 0.2) is 0 Å². The average Bonchev–Trinajstić information content (AvgIpc) is 2.53. The topological polar surface area (TPSA) is 17.1 Å². The van der Waals surface area contributed by atoms with Crippen LogP contribution in [0, 0.1) is 17.3 Å². The summed E-state index contributed by atoms with van der Waals surface area (Å²) >= 11 is 0. The van der Waals surface area contributed by atoms with Crippen LogP contribution in [0.4, 0.5) is 0 Å². The molecule has 0 aromatic heterocycles. The second-order valence-electron chi connectivity index (χ2n) is 7.50. The van der Waals surface area contributed by atoms with Gasteiger partial charge in [0.05, 0.1) is 0 Å². The van der Waals surface area contributed by atoms with E-state index in [0.717, 1.165) is 24.7 Å². The van der Waals surface area contributed by atoms with E-state index in [1.165, 1.54) is 83.3 Å². The molecule has 0 amide bonds. The Balaban J connectivity index is 1.76. The van der Waals surface area contributed by atoms with Gasteiger partial charge in [0.1, 0.15) is 6.29 Å². The first-order valence-corrected chi connectivity index (χ1v) is 9.26. The van der Waals surface area contributed by atoms with E-state index in [1.54, 1.807) is 0 Å². The second-order valence-corrected chi connectivity index (χ2v) is 7.50. The largest absolute Gasteiger partial charge is 0.303 e. The molecule has 2 aliphatic carbocycles. The molecule has 0 aliphatic heterocycles. The highest BCUT2D eigenvalue weighted by Gasteiger charge is 2.31. The Bertz CT molecular complexity index is 271. The predicted octanol–water partition coefficient (Wildman–Crippen LogP) is 5.91. The fourth-order valence-corrected chi connectivity index (χ4v) is 4.78. The van der Waals surface area contributed by atoms with Crippen molar-refractivity contribution in [2.24, 2.45) is 17.3 Å². The average molecular weight is 278 g/mol. The Labute approximate surface area is 125 Å².